The molecule has 132 valence electrons. The predicted molar refractivity (Wildman–Crippen MR) is 94.4 cm³/mol. The number of carbonyl (C=O) groups is 1. The monoisotopic (exact) mass is 350 g/mol. The van der Waals surface area contributed by atoms with Crippen molar-refractivity contribution in [2.24, 2.45) is 5.92 Å². The van der Waals surface area contributed by atoms with Gasteiger partial charge in [0, 0.05) is 39.1 Å². The topological polar surface area (TPSA) is 57.7 Å². The zero-order chi connectivity index (χ0) is 17.2. The standard InChI is InChI=1S/C18H26N2O3S/c1-15-4-2-3-5-17(15)13-19-7-9-20(10-8-19)18(21)12-16-6-11-24(22,23)14-16/h2-5,16H,6-14H2,1H3/t16-/m1/s1. The minimum atomic E-state index is -2.90. The fraction of sp³-hybridized carbons (Fsp3) is 0.611. The first kappa shape index (κ1) is 17.4. The van der Waals surface area contributed by atoms with Crippen LogP contribution in [-0.2, 0) is 21.2 Å². The Morgan fingerprint density at radius 2 is 1.88 bits per heavy atom. The Balaban J connectivity index is 1.46. The molecule has 1 atom stereocenters. The number of rotatable bonds is 4. The molecule has 2 heterocycles. The molecule has 0 bridgehead atoms. The maximum atomic E-state index is 12.4. The molecule has 0 saturated carbocycles. The maximum Gasteiger partial charge on any atom is 0.222 e. The average molecular weight is 350 g/mol. The third-order valence-corrected chi connectivity index (χ3v) is 7.01. The Morgan fingerprint density at radius 1 is 1.17 bits per heavy atom. The van der Waals surface area contributed by atoms with Crippen LogP contribution in [0.4, 0.5) is 0 Å². The second-order valence-corrected chi connectivity index (χ2v) is 9.29. The second-order valence-electron chi connectivity index (χ2n) is 7.06. The van der Waals surface area contributed by atoms with Crippen LogP contribution in [0.5, 0.6) is 0 Å². The number of amides is 1. The normalized spacial score (nSPS) is 24.2. The largest absolute Gasteiger partial charge is 0.340 e. The second kappa shape index (κ2) is 7.23. The van der Waals surface area contributed by atoms with E-state index in [1.807, 2.05) is 4.90 Å². The van der Waals surface area contributed by atoms with Gasteiger partial charge < -0.3 is 4.90 Å². The molecule has 0 radical (unpaired) electrons. The number of carbonyl (C=O) groups excluding carboxylic acids is 1. The molecular formula is C18H26N2O3S. The van der Waals surface area contributed by atoms with E-state index in [1.165, 1.54) is 11.1 Å². The maximum absolute atomic E-state index is 12.4. The molecule has 2 aliphatic rings. The summed E-state index contributed by atoms with van der Waals surface area (Å²) in [4.78, 5) is 16.7. The molecule has 1 aromatic rings. The number of piperazine rings is 1. The van der Waals surface area contributed by atoms with Gasteiger partial charge in [-0.2, -0.15) is 0 Å². The van der Waals surface area contributed by atoms with Crippen molar-refractivity contribution in [1.82, 2.24) is 9.80 Å². The zero-order valence-electron chi connectivity index (χ0n) is 14.3. The van der Waals surface area contributed by atoms with Crippen LogP contribution in [0.2, 0.25) is 0 Å². The number of benzene rings is 1. The van der Waals surface area contributed by atoms with Crippen LogP contribution in [0.15, 0.2) is 24.3 Å². The summed E-state index contributed by atoms with van der Waals surface area (Å²) in [6.45, 7) is 6.29. The number of hydrogen-bond acceptors (Lipinski definition) is 4. The minimum Gasteiger partial charge on any atom is -0.340 e. The van der Waals surface area contributed by atoms with Gasteiger partial charge >= 0.3 is 0 Å². The summed E-state index contributed by atoms with van der Waals surface area (Å²) in [6.07, 6.45) is 1.03. The summed E-state index contributed by atoms with van der Waals surface area (Å²) < 4.78 is 23.0. The lowest BCUT2D eigenvalue weighted by Crippen LogP contribution is -2.48. The summed E-state index contributed by atoms with van der Waals surface area (Å²) in [5, 5.41) is 0. The first-order valence-corrected chi connectivity index (χ1v) is 10.5. The van der Waals surface area contributed by atoms with Gasteiger partial charge in [-0.3, -0.25) is 9.69 Å². The molecule has 0 unspecified atom stereocenters. The van der Waals surface area contributed by atoms with E-state index < -0.39 is 9.84 Å². The van der Waals surface area contributed by atoms with E-state index in [1.54, 1.807) is 0 Å². The number of sulfone groups is 1. The van der Waals surface area contributed by atoms with E-state index >= 15 is 0 Å². The van der Waals surface area contributed by atoms with E-state index in [-0.39, 0.29) is 23.3 Å². The van der Waals surface area contributed by atoms with E-state index in [0.717, 1.165) is 32.7 Å². The molecule has 5 nitrogen and oxygen atoms in total. The molecule has 1 amide bonds. The van der Waals surface area contributed by atoms with Crippen LogP contribution in [0, 0.1) is 12.8 Å². The highest BCUT2D eigenvalue weighted by Gasteiger charge is 2.31. The number of nitrogens with zero attached hydrogens (tertiary/aromatic N) is 2. The summed E-state index contributed by atoms with van der Waals surface area (Å²) in [7, 11) is -2.90. The summed E-state index contributed by atoms with van der Waals surface area (Å²) >= 11 is 0. The average Bonchev–Trinajstić information content (AvgIpc) is 2.89. The van der Waals surface area contributed by atoms with Crippen molar-refractivity contribution in [1.29, 1.82) is 0 Å². The van der Waals surface area contributed by atoms with Gasteiger partial charge in [0.2, 0.25) is 5.91 Å². The third kappa shape index (κ3) is 4.36. The van der Waals surface area contributed by atoms with Crippen molar-refractivity contribution >= 4 is 15.7 Å². The van der Waals surface area contributed by atoms with E-state index in [0.29, 0.717) is 12.8 Å². The van der Waals surface area contributed by atoms with Crippen LogP contribution in [0.3, 0.4) is 0 Å². The minimum absolute atomic E-state index is 0.0208. The first-order valence-electron chi connectivity index (χ1n) is 8.68. The van der Waals surface area contributed by atoms with Gasteiger partial charge in [-0.05, 0) is 30.4 Å². The molecule has 3 rings (SSSR count). The highest BCUT2D eigenvalue weighted by Crippen LogP contribution is 2.23. The Labute approximate surface area is 144 Å². The number of aryl methyl sites for hydroxylation is 1. The van der Waals surface area contributed by atoms with Crippen molar-refractivity contribution in [2.75, 3.05) is 37.7 Å². The van der Waals surface area contributed by atoms with Crippen LogP contribution in [0.1, 0.15) is 24.0 Å². The molecule has 0 spiro atoms. The van der Waals surface area contributed by atoms with Gasteiger partial charge in [0.05, 0.1) is 11.5 Å². The van der Waals surface area contributed by atoms with Crippen molar-refractivity contribution in [3.63, 3.8) is 0 Å². The van der Waals surface area contributed by atoms with Gasteiger partial charge in [-0.1, -0.05) is 24.3 Å². The SMILES string of the molecule is Cc1ccccc1CN1CCN(C(=O)C[C@H]2CCS(=O)(=O)C2)CC1. The lowest BCUT2D eigenvalue weighted by molar-refractivity contribution is -0.133. The molecule has 2 fully saturated rings. The van der Waals surface area contributed by atoms with Crippen LogP contribution < -0.4 is 0 Å². The van der Waals surface area contributed by atoms with Gasteiger partial charge in [-0.25, -0.2) is 8.42 Å². The molecule has 2 saturated heterocycles. The predicted octanol–water partition coefficient (Wildman–Crippen LogP) is 1.46. The van der Waals surface area contributed by atoms with Crippen molar-refractivity contribution in [3.05, 3.63) is 35.4 Å². The molecule has 1 aromatic carbocycles. The molecule has 2 aliphatic heterocycles. The molecule has 6 heteroatoms. The first-order chi connectivity index (χ1) is 11.4. The quantitative estimate of drug-likeness (QED) is 0.825. The number of hydrogen-bond donors (Lipinski definition) is 0. The van der Waals surface area contributed by atoms with E-state index in [2.05, 4.69) is 36.1 Å². The lowest BCUT2D eigenvalue weighted by atomic mass is 10.0. The zero-order valence-corrected chi connectivity index (χ0v) is 15.1. The Kier molecular flexibility index (Phi) is 5.25. The van der Waals surface area contributed by atoms with Gasteiger partial charge in [-0.15, -0.1) is 0 Å². The van der Waals surface area contributed by atoms with Gasteiger partial charge in [0.25, 0.3) is 0 Å². The smallest absolute Gasteiger partial charge is 0.222 e. The fourth-order valence-corrected chi connectivity index (χ4v) is 5.45. The van der Waals surface area contributed by atoms with Crippen LogP contribution in [0.25, 0.3) is 0 Å². The van der Waals surface area contributed by atoms with Crippen molar-refractivity contribution < 1.29 is 13.2 Å². The molecule has 24 heavy (non-hydrogen) atoms. The fourth-order valence-electron chi connectivity index (χ4n) is 3.59. The van der Waals surface area contributed by atoms with Gasteiger partial charge in [0.15, 0.2) is 9.84 Å². The summed E-state index contributed by atoms with van der Waals surface area (Å²) in [5.41, 5.74) is 2.65. The summed E-state index contributed by atoms with van der Waals surface area (Å²) in [5.74, 6) is 0.571. The van der Waals surface area contributed by atoms with Crippen molar-refractivity contribution in [2.45, 2.75) is 26.3 Å². The molecule has 0 N–H and O–H groups in total. The van der Waals surface area contributed by atoms with E-state index in [9.17, 15) is 13.2 Å². The van der Waals surface area contributed by atoms with Crippen LogP contribution >= 0.6 is 0 Å². The van der Waals surface area contributed by atoms with Crippen LogP contribution in [-0.4, -0.2) is 61.8 Å². The van der Waals surface area contributed by atoms with Gasteiger partial charge in [0.1, 0.15) is 0 Å². The molecular weight excluding hydrogens is 324 g/mol. The Hall–Kier alpha value is -1.40. The Bertz CT molecular complexity index is 694. The lowest BCUT2D eigenvalue weighted by Gasteiger charge is -2.35. The highest BCUT2D eigenvalue weighted by molar-refractivity contribution is 7.91. The third-order valence-electron chi connectivity index (χ3n) is 5.17. The van der Waals surface area contributed by atoms with E-state index in [4.69, 9.17) is 0 Å². The molecule has 0 aliphatic carbocycles. The summed E-state index contributed by atoms with van der Waals surface area (Å²) in [6, 6.07) is 8.41. The van der Waals surface area contributed by atoms with Crippen molar-refractivity contribution in [3.8, 4) is 0 Å². The highest BCUT2D eigenvalue weighted by atomic mass is 32.2. The Morgan fingerprint density at radius 3 is 2.50 bits per heavy atom. The molecule has 0 aromatic heterocycles.